The number of hydrogen-bond acceptors (Lipinski definition) is 7. The molecule has 0 unspecified atom stereocenters. The highest BCUT2D eigenvalue weighted by Crippen LogP contribution is 2.30. The van der Waals surface area contributed by atoms with Crippen molar-refractivity contribution in [3.8, 4) is 0 Å². The van der Waals surface area contributed by atoms with E-state index in [1.165, 1.54) is 12.1 Å². The molecule has 9 nitrogen and oxygen atoms in total. The van der Waals surface area contributed by atoms with Crippen LogP contribution in [-0.2, 0) is 14.3 Å². The number of nitro groups is 1. The molecule has 0 aromatic heterocycles. The lowest BCUT2D eigenvalue weighted by molar-refractivity contribution is -0.384. The fourth-order valence-corrected chi connectivity index (χ4v) is 3.47. The Hall–Kier alpha value is -2.68. The molecule has 9 heteroatoms. The molecule has 166 valence electrons. The van der Waals surface area contributed by atoms with Crippen LogP contribution in [-0.4, -0.2) is 66.7 Å². The average Bonchev–Trinajstić information content (AvgIpc) is 2.77. The number of morpholine rings is 1. The molecular formula is C21H31N3O6. The van der Waals surface area contributed by atoms with Gasteiger partial charge in [0.05, 0.1) is 23.7 Å². The van der Waals surface area contributed by atoms with Gasteiger partial charge in [-0.25, -0.2) is 4.79 Å². The van der Waals surface area contributed by atoms with Crippen molar-refractivity contribution < 1.29 is 24.0 Å². The number of hydrogen-bond donors (Lipinski definition) is 0. The minimum atomic E-state index is -0.756. The highest BCUT2D eigenvalue weighted by Gasteiger charge is 2.26. The van der Waals surface area contributed by atoms with Gasteiger partial charge in [-0.05, 0) is 38.8 Å². The molecular weight excluding hydrogens is 390 g/mol. The summed E-state index contributed by atoms with van der Waals surface area (Å²) in [7, 11) is 0. The number of nitrogens with zero attached hydrogens (tertiary/aromatic N) is 3. The van der Waals surface area contributed by atoms with Crippen LogP contribution < -0.4 is 4.90 Å². The number of benzene rings is 1. The first-order valence-corrected chi connectivity index (χ1v) is 10.4. The predicted octanol–water partition coefficient (Wildman–Crippen LogP) is 3.01. The van der Waals surface area contributed by atoms with E-state index >= 15 is 0 Å². The molecule has 1 amide bonds. The Morgan fingerprint density at radius 2 is 1.80 bits per heavy atom. The zero-order valence-electron chi connectivity index (χ0n) is 18.1. The summed E-state index contributed by atoms with van der Waals surface area (Å²) in [5, 5.41) is 11.5. The fraction of sp³-hybridized carbons (Fsp3) is 0.619. The number of nitro benzene ring substituents is 1. The monoisotopic (exact) mass is 421 g/mol. The van der Waals surface area contributed by atoms with E-state index in [1.807, 2.05) is 32.6 Å². The zero-order valence-corrected chi connectivity index (χ0v) is 18.1. The van der Waals surface area contributed by atoms with Crippen molar-refractivity contribution in [3.05, 3.63) is 33.9 Å². The van der Waals surface area contributed by atoms with E-state index in [0.717, 1.165) is 12.8 Å². The Balaban J connectivity index is 2.11. The van der Waals surface area contributed by atoms with Gasteiger partial charge in [-0.3, -0.25) is 14.9 Å². The van der Waals surface area contributed by atoms with Crippen molar-refractivity contribution in [1.82, 2.24) is 4.90 Å². The molecule has 0 radical (unpaired) electrons. The third kappa shape index (κ3) is 5.69. The molecule has 1 aliphatic rings. The summed E-state index contributed by atoms with van der Waals surface area (Å²) in [6.45, 7) is 9.58. The van der Waals surface area contributed by atoms with Crippen LogP contribution in [0.1, 0.15) is 50.9 Å². The van der Waals surface area contributed by atoms with Crippen LogP contribution in [0.4, 0.5) is 11.4 Å². The number of carbonyl (C=O) groups is 2. The molecule has 2 atom stereocenters. The molecule has 1 aliphatic heterocycles. The summed E-state index contributed by atoms with van der Waals surface area (Å²) < 4.78 is 10.5. The van der Waals surface area contributed by atoms with Crippen LogP contribution in [0, 0.1) is 10.1 Å². The minimum Gasteiger partial charge on any atom is -0.452 e. The van der Waals surface area contributed by atoms with Gasteiger partial charge in [0.15, 0.2) is 6.61 Å². The average molecular weight is 421 g/mol. The second-order valence-electron chi connectivity index (χ2n) is 7.45. The standard InChI is InChI=1S/C21H31N3O6/c1-5-15(3)23(16(4)6-2)20(25)14-30-21(26)17-7-8-18(19(13-17)24(27)28)22-9-11-29-12-10-22/h7-8,13,15-16H,5-6,9-12,14H2,1-4H3/t15-,16-/m1/s1. The first-order valence-electron chi connectivity index (χ1n) is 10.4. The number of anilines is 1. The highest BCUT2D eigenvalue weighted by molar-refractivity contribution is 5.93. The zero-order chi connectivity index (χ0) is 22.3. The Morgan fingerprint density at radius 3 is 2.33 bits per heavy atom. The van der Waals surface area contributed by atoms with E-state index in [0.29, 0.717) is 32.0 Å². The molecule has 2 rings (SSSR count). The highest BCUT2D eigenvalue weighted by atomic mass is 16.6. The molecule has 1 aromatic carbocycles. The quantitative estimate of drug-likeness (QED) is 0.343. The molecule has 1 fully saturated rings. The van der Waals surface area contributed by atoms with Gasteiger partial charge in [-0.1, -0.05) is 13.8 Å². The number of esters is 1. The lowest BCUT2D eigenvalue weighted by Gasteiger charge is -2.33. The Morgan fingerprint density at radius 1 is 1.20 bits per heavy atom. The van der Waals surface area contributed by atoms with Gasteiger partial charge in [0.2, 0.25) is 0 Å². The van der Waals surface area contributed by atoms with Crippen molar-refractivity contribution in [2.75, 3.05) is 37.8 Å². The molecule has 0 spiro atoms. The van der Waals surface area contributed by atoms with Crippen molar-refractivity contribution in [1.29, 1.82) is 0 Å². The largest absolute Gasteiger partial charge is 0.452 e. The fourth-order valence-electron chi connectivity index (χ4n) is 3.47. The van der Waals surface area contributed by atoms with Crippen LogP contribution in [0.25, 0.3) is 0 Å². The number of carbonyl (C=O) groups excluding carboxylic acids is 2. The maximum Gasteiger partial charge on any atom is 0.338 e. The van der Waals surface area contributed by atoms with E-state index < -0.39 is 17.5 Å². The molecule has 0 bridgehead atoms. The van der Waals surface area contributed by atoms with Gasteiger partial charge in [-0.2, -0.15) is 0 Å². The maximum absolute atomic E-state index is 12.6. The van der Waals surface area contributed by atoms with Crippen molar-refractivity contribution in [2.45, 2.75) is 52.6 Å². The number of rotatable bonds is 9. The Labute approximate surface area is 177 Å². The molecule has 0 aliphatic carbocycles. The number of ether oxygens (including phenoxy) is 2. The van der Waals surface area contributed by atoms with Crippen molar-refractivity contribution in [3.63, 3.8) is 0 Å². The first-order chi connectivity index (χ1) is 14.3. The molecule has 0 N–H and O–H groups in total. The Bertz CT molecular complexity index is 753. The third-order valence-electron chi connectivity index (χ3n) is 5.51. The maximum atomic E-state index is 12.6. The third-order valence-corrected chi connectivity index (χ3v) is 5.51. The van der Waals surface area contributed by atoms with Gasteiger partial charge in [-0.15, -0.1) is 0 Å². The van der Waals surface area contributed by atoms with E-state index in [9.17, 15) is 19.7 Å². The topological polar surface area (TPSA) is 102 Å². The predicted molar refractivity (Wildman–Crippen MR) is 113 cm³/mol. The molecule has 1 heterocycles. The van der Waals surface area contributed by atoms with Gasteiger partial charge >= 0.3 is 5.97 Å². The van der Waals surface area contributed by atoms with E-state index in [1.54, 1.807) is 11.0 Å². The second-order valence-corrected chi connectivity index (χ2v) is 7.45. The summed E-state index contributed by atoms with van der Waals surface area (Å²) in [6.07, 6.45) is 1.58. The first kappa shape index (κ1) is 23.6. The molecule has 0 saturated carbocycles. The van der Waals surface area contributed by atoms with Gasteiger partial charge in [0.25, 0.3) is 11.6 Å². The smallest absolute Gasteiger partial charge is 0.338 e. The van der Waals surface area contributed by atoms with Crippen molar-refractivity contribution >= 4 is 23.3 Å². The second kappa shape index (κ2) is 10.9. The summed E-state index contributed by atoms with van der Waals surface area (Å²) >= 11 is 0. The van der Waals surface area contributed by atoms with Crippen LogP contribution in [0.15, 0.2) is 18.2 Å². The van der Waals surface area contributed by atoms with Crippen LogP contribution in [0.3, 0.4) is 0 Å². The molecule has 1 aromatic rings. The van der Waals surface area contributed by atoms with Crippen LogP contribution in [0.5, 0.6) is 0 Å². The summed E-state index contributed by atoms with van der Waals surface area (Å²) in [5.41, 5.74) is 0.319. The SMILES string of the molecule is CC[C@@H](C)N(C(=O)COC(=O)c1ccc(N2CCOCC2)c([N+](=O)[O-])c1)[C@H](C)CC. The summed E-state index contributed by atoms with van der Waals surface area (Å²) in [6, 6.07) is 4.30. The number of amides is 1. The molecule has 30 heavy (non-hydrogen) atoms. The van der Waals surface area contributed by atoms with E-state index in [-0.39, 0.29) is 29.2 Å². The normalized spacial score (nSPS) is 15.9. The van der Waals surface area contributed by atoms with Crippen molar-refractivity contribution in [2.24, 2.45) is 0 Å². The van der Waals surface area contributed by atoms with Gasteiger partial charge in [0.1, 0.15) is 5.69 Å². The van der Waals surface area contributed by atoms with E-state index in [4.69, 9.17) is 9.47 Å². The minimum absolute atomic E-state index is 0.0278. The Kier molecular flexibility index (Phi) is 8.58. The lowest BCUT2D eigenvalue weighted by Crippen LogP contribution is -2.46. The lowest BCUT2D eigenvalue weighted by atomic mass is 10.1. The summed E-state index contributed by atoms with van der Waals surface area (Å²) in [5.74, 6) is -1.03. The molecule has 1 saturated heterocycles. The van der Waals surface area contributed by atoms with Crippen LogP contribution >= 0.6 is 0 Å². The summed E-state index contributed by atoms with van der Waals surface area (Å²) in [4.78, 5) is 39.7. The van der Waals surface area contributed by atoms with Gasteiger partial charge in [0, 0.05) is 31.2 Å². The van der Waals surface area contributed by atoms with Gasteiger partial charge < -0.3 is 19.3 Å². The van der Waals surface area contributed by atoms with E-state index in [2.05, 4.69) is 0 Å². The van der Waals surface area contributed by atoms with Crippen LogP contribution in [0.2, 0.25) is 0 Å².